The molecule has 0 radical (unpaired) electrons. The van der Waals surface area contributed by atoms with Gasteiger partial charge in [-0.3, -0.25) is 4.79 Å². The van der Waals surface area contributed by atoms with Crippen LogP contribution in [0.25, 0.3) is 0 Å². The molecular formula is C8H8O3. The fraction of sp³-hybridized carbons (Fsp3) is 0. The normalized spacial score (nSPS) is 8.00. The van der Waals surface area contributed by atoms with E-state index in [2.05, 4.69) is 24.5 Å². The van der Waals surface area contributed by atoms with Crippen molar-refractivity contribution in [2.45, 2.75) is 0 Å². The van der Waals surface area contributed by atoms with E-state index >= 15 is 0 Å². The summed E-state index contributed by atoms with van der Waals surface area (Å²) in [5.41, 5.74) is -0.250. The molecule has 0 fully saturated rings. The number of rotatable bonds is 4. The average molecular weight is 152 g/mol. The molecule has 58 valence electrons. The maximum atomic E-state index is 10.7. The van der Waals surface area contributed by atoms with Crippen molar-refractivity contribution in [1.29, 1.82) is 0 Å². The van der Waals surface area contributed by atoms with Gasteiger partial charge in [0.2, 0.25) is 0 Å². The molecule has 0 N–H and O–H groups in total. The van der Waals surface area contributed by atoms with E-state index in [-0.39, 0.29) is 5.57 Å². The zero-order valence-corrected chi connectivity index (χ0v) is 6.00. The van der Waals surface area contributed by atoms with Crippen LogP contribution in [0, 0.1) is 0 Å². The van der Waals surface area contributed by atoms with Gasteiger partial charge in [0.1, 0.15) is 5.57 Å². The second-order valence-corrected chi connectivity index (χ2v) is 1.62. The van der Waals surface area contributed by atoms with Gasteiger partial charge in [0.15, 0.2) is 5.78 Å². The van der Waals surface area contributed by atoms with Crippen LogP contribution in [-0.4, -0.2) is 11.8 Å². The Labute approximate surface area is 64.7 Å². The molecule has 0 aliphatic rings. The molecule has 0 amide bonds. The third kappa shape index (κ3) is 2.62. The molecule has 11 heavy (non-hydrogen) atoms. The monoisotopic (exact) mass is 152 g/mol. The molecule has 0 bridgehead atoms. The highest BCUT2D eigenvalue weighted by Crippen LogP contribution is 1.97. The van der Waals surface area contributed by atoms with Crippen LogP contribution in [0.3, 0.4) is 0 Å². The first-order chi connectivity index (χ1) is 5.13. The average Bonchev–Trinajstić information content (AvgIpc) is 2.02. The zero-order chi connectivity index (χ0) is 8.85. The van der Waals surface area contributed by atoms with Gasteiger partial charge >= 0.3 is 5.97 Å². The zero-order valence-electron chi connectivity index (χ0n) is 6.00. The number of allylic oxidation sites excluding steroid dienone is 1. The molecule has 0 aromatic carbocycles. The van der Waals surface area contributed by atoms with Crippen molar-refractivity contribution >= 4 is 11.8 Å². The number of carbonyl (C=O) groups is 2. The van der Waals surface area contributed by atoms with E-state index in [1.807, 2.05) is 0 Å². The van der Waals surface area contributed by atoms with E-state index in [9.17, 15) is 9.59 Å². The Bertz CT molecular complexity index is 225. The highest BCUT2D eigenvalue weighted by molar-refractivity contribution is 6.21. The summed E-state index contributed by atoms with van der Waals surface area (Å²) in [5.74, 6) is -1.35. The maximum Gasteiger partial charge on any atom is 0.346 e. The second kappa shape index (κ2) is 4.22. The Morgan fingerprint density at radius 2 is 1.82 bits per heavy atom. The van der Waals surface area contributed by atoms with Gasteiger partial charge in [-0.15, -0.1) is 0 Å². The molecule has 0 spiro atoms. The molecule has 0 aliphatic carbocycles. The predicted molar refractivity (Wildman–Crippen MR) is 40.6 cm³/mol. The molecule has 0 atom stereocenters. The third-order valence-corrected chi connectivity index (χ3v) is 0.920. The van der Waals surface area contributed by atoms with Gasteiger partial charge in [-0.1, -0.05) is 19.7 Å². The fourth-order valence-corrected chi connectivity index (χ4v) is 0.371. The van der Waals surface area contributed by atoms with Crippen molar-refractivity contribution < 1.29 is 14.3 Å². The summed E-state index contributed by atoms with van der Waals surface area (Å²) in [6, 6.07) is 0. The van der Waals surface area contributed by atoms with E-state index in [4.69, 9.17) is 0 Å². The summed E-state index contributed by atoms with van der Waals surface area (Å²) >= 11 is 0. The van der Waals surface area contributed by atoms with Crippen LogP contribution in [0.4, 0.5) is 0 Å². The Morgan fingerprint density at radius 3 is 2.18 bits per heavy atom. The maximum absolute atomic E-state index is 10.7. The highest BCUT2D eigenvalue weighted by Gasteiger charge is 2.12. The van der Waals surface area contributed by atoms with Gasteiger partial charge < -0.3 is 4.74 Å². The van der Waals surface area contributed by atoms with Gasteiger partial charge in [0.05, 0.1) is 6.26 Å². The molecular weight excluding hydrogens is 144 g/mol. The quantitative estimate of drug-likeness (QED) is 0.198. The van der Waals surface area contributed by atoms with Crippen molar-refractivity contribution in [3.63, 3.8) is 0 Å². The van der Waals surface area contributed by atoms with Crippen molar-refractivity contribution in [2.75, 3.05) is 0 Å². The topological polar surface area (TPSA) is 43.4 Å². The number of carbonyl (C=O) groups excluding carboxylic acids is 2. The molecule has 0 heterocycles. The summed E-state index contributed by atoms with van der Waals surface area (Å²) in [4.78, 5) is 21.4. The van der Waals surface area contributed by atoms with E-state index in [0.29, 0.717) is 0 Å². The summed E-state index contributed by atoms with van der Waals surface area (Å²) in [6.45, 7) is 9.53. The number of hydrogen-bond acceptors (Lipinski definition) is 3. The molecule has 0 unspecified atom stereocenters. The Morgan fingerprint density at radius 1 is 1.27 bits per heavy atom. The Balaban J connectivity index is 4.24. The lowest BCUT2D eigenvalue weighted by molar-refractivity contribution is -0.134. The van der Waals surface area contributed by atoms with Gasteiger partial charge in [0.25, 0.3) is 0 Å². The van der Waals surface area contributed by atoms with Crippen molar-refractivity contribution in [2.24, 2.45) is 0 Å². The number of hydrogen-bond donors (Lipinski definition) is 0. The lowest BCUT2D eigenvalue weighted by atomic mass is 10.2. The molecule has 0 saturated carbocycles. The molecule has 0 rings (SSSR count). The van der Waals surface area contributed by atoms with Crippen LogP contribution in [0.2, 0.25) is 0 Å². The smallest absolute Gasteiger partial charge is 0.346 e. The van der Waals surface area contributed by atoms with Crippen molar-refractivity contribution in [3.05, 3.63) is 37.6 Å². The largest absolute Gasteiger partial charge is 0.431 e. The molecule has 0 aromatic heterocycles. The van der Waals surface area contributed by atoms with E-state index in [0.717, 1.165) is 12.3 Å². The summed E-state index contributed by atoms with van der Waals surface area (Å²) in [6.07, 6.45) is 1.93. The van der Waals surface area contributed by atoms with E-state index in [1.54, 1.807) is 0 Å². The van der Waals surface area contributed by atoms with Crippen LogP contribution in [0.1, 0.15) is 0 Å². The van der Waals surface area contributed by atoms with Gasteiger partial charge in [0, 0.05) is 0 Å². The first-order valence-corrected chi connectivity index (χ1v) is 2.81. The molecule has 3 nitrogen and oxygen atoms in total. The second-order valence-electron chi connectivity index (χ2n) is 1.62. The highest BCUT2D eigenvalue weighted by atomic mass is 16.5. The molecule has 0 aromatic rings. The lowest BCUT2D eigenvalue weighted by Gasteiger charge is -1.96. The minimum absolute atomic E-state index is 0.250. The number of ketones is 1. The van der Waals surface area contributed by atoms with Crippen molar-refractivity contribution in [3.8, 4) is 0 Å². The van der Waals surface area contributed by atoms with Gasteiger partial charge in [-0.25, -0.2) is 4.79 Å². The Kier molecular flexibility index (Phi) is 3.59. The van der Waals surface area contributed by atoms with E-state index in [1.165, 1.54) is 0 Å². The number of esters is 1. The Hall–Kier alpha value is -1.64. The first kappa shape index (κ1) is 9.36. The van der Waals surface area contributed by atoms with Crippen LogP contribution >= 0.6 is 0 Å². The van der Waals surface area contributed by atoms with Crippen LogP contribution in [-0.2, 0) is 14.3 Å². The minimum atomic E-state index is -0.801. The fourth-order valence-electron chi connectivity index (χ4n) is 0.371. The van der Waals surface area contributed by atoms with Gasteiger partial charge in [-0.05, 0) is 6.08 Å². The molecule has 3 heteroatoms. The van der Waals surface area contributed by atoms with Crippen molar-refractivity contribution in [1.82, 2.24) is 0 Å². The van der Waals surface area contributed by atoms with Gasteiger partial charge in [-0.2, -0.15) is 0 Å². The van der Waals surface area contributed by atoms with Crippen LogP contribution in [0.5, 0.6) is 0 Å². The summed E-state index contributed by atoms with van der Waals surface area (Å²) in [5, 5.41) is 0. The van der Waals surface area contributed by atoms with Crippen LogP contribution < -0.4 is 0 Å². The summed E-state index contributed by atoms with van der Waals surface area (Å²) < 4.78 is 4.28. The SMILES string of the molecule is C=COC(=O)C(=C)C(=O)C=C. The lowest BCUT2D eigenvalue weighted by Crippen LogP contribution is -2.10. The standard InChI is InChI=1S/C8H8O3/c1-4-7(9)6(3)8(10)11-5-2/h4-5H,1-3H2. The predicted octanol–water partition coefficient (Wildman–Crippen LogP) is 0.984. The van der Waals surface area contributed by atoms with Crippen LogP contribution in [0.15, 0.2) is 37.6 Å². The van der Waals surface area contributed by atoms with E-state index < -0.39 is 11.8 Å². The minimum Gasteiger partial charge on any atom is -0.431 e. The first-order valence-electron chi connectivity index (χ1n) is 2.81. The number of ether oxygens (including phenoxy) is 1. The third-order valence-electron chi connectivity index (χ3n) is 0.920. The molecule has 0 saturated heterocycles. The summed E-state index contributed by atoms with van der Waals surface area (Å²) in [7, 11) is 0. The molecule has 0 aliphatic heterocycles.